The van der Waals surface area contributed by atoms with Crippen LogP contribution in [0.2, 0.25) is 0 Å². The average Bonchev–Trinajstić information content (AvgIpc) is 2.94. The minimum Gasteiger partial charge on any atom is -0.288 e. The van der Waals surface area contributed by atoms with Gasteiger partial charge < -0.3 is 0 Å². The Morgan fingerprint density at radius 1 is 0.682 bits per heavy atom. The molecule has 4 aromatic rings. The summed E-state index contributed by atoms with van der Waals surface area (Å²) in [6, 6.07) is 11.1. The Kier molecular flexibility index (Phi) is 2.33. The molecule has 0 spiro atoms. The maximum absolute atomic E-state index is 12.5. The van der Waals surface area contributed by atoms with Crippen LogP contribution in [0.25, 0.3) is 27.2 Å². The van der Waals surface area contributed by atoms with Gasteiger partial charge in [0.05, 0.1) is 27.2 Å². The van der Waals surface area contributed by atoms with Gasteiger partial charge in [-0.1, -0.05) is 18.2 Å². The lowest BCUT2D eigenvalue weighted by Gasteiger charge is -1.97. The Morgan fingerprint density at radius 2 is 1.18 bits per heavy atom. The fourth-order valence-electron chi connectivity index (χ4n) is 2.71. The first-order chi connectivity index (χ1) is 10.6. The second-order valence-electron chi connectivity index (χ2n) is 5.01. The molecule has 0 unspecified atom stereocenters. The molecule has 0 bridgehead atoms. The largest absolute Gasteiger partial charge is 0.288 e. The van der Waals surface area contributed by atoms with Crippen molar-refractivity contribution >= 4 is 21.5 Å². The van der Waals surface area contributed by atoms with Gasteiger partial charge in [0.15, 0.2) is 0 Å². The van der Waals surface area contributed by atoms with E-state index in [2.05, 4.69) is 4.98 Å². The van der Waals surface area contributed by atoms with Gasteiger partial charge in [-0.3, -0.25) is 24.2 Å². The van der Waals surface area contributed by atoms with Gasteiger partial charge in [0.2, 0.25) is 0 Å². The number of hydrogen-bond acceptors (Lipinski definition) is 4. The number of fused-ring (bicyclic) bond motifs is 2. The molecule has 22 heavy (non-hydrogen) atoms. The van der Waals surface area contributed by atoms with Crippen molar-refractivity contribution in [1.82, 2.24) is 9.55 Å². The number of benzene rings is 2. The van der Waals surface area contributed by atoms with Crippen LogP contribution in [0.5, 0.6) is 0 Å². The first-order valence-electron chi connectivity index (χ1n) is 6.55. The number of H-pyrrole nitrogens is 1. The molecule has 2 aromatic heterocycles. The van der Waals surface area contributed by atoms with Crippen LogP contribution in [0.15, 0.2) is 61.6 Å². The Labute approximate surface area is 121 Å². The summed E-state index contributed by atoms with van der Waals surface area (Å²) in [5, 5.41) is 0.523. The average molecular weight is 292 g/mol. The molecule has 0 saturated carbocycles. The lowest BCUT2D eigenvalue weighted by molar-refractivity contribution is 0.991. The van der Waals surface area contributed by atoms with Crippen molar-refractivity contribution in [2.45, 2.75) is 0 Å². The highest BCUT2D eigenvalue weighted by atomic mass is 16.2. The van der Waals surface area contributed by atoms with Gasteiger partial charge in [-0.2, -0.15) is 0 Å². The molecule has 6 nitrogen and oxygen atoms in total. The van der Waals surface area contributed by atoms with Gasteiger partial charge in [-0.25, -0.2) is 4.57 Å². The fraction of sp³-hybridized carbons (Fsp3) is 0. The molecule has 2 aromatic carbocycles. The van der Waals surface area contributed by atoms with E-state index >= 15 is 0 Å². The number of para-hydroxylation sites is 1. The van der Waals surface area contributed by atoms with Gasteiger partial charge in [0.1, 0.15) is 0 Å². The van der Waals surface area contributed by atoms with E-state index in [-0.39, 0.29) is 21.5 Å². The molecule has 4 rings (SSSR count). The number of nitrogens with zero attached hydrogens (tertiary/aromatic N) is 1. The number of nitrogens with one attached hydrogen (secondary N) is 1. The van der Waals surface area contributed by atoms with Gasteiger partial charge in [0, 0.05) is 0 Å². The van der Waals surface area contributed by atoms with Crippen LogP contribution in [-0.4, -0.2) is 9.55 Å². The van der Waals surface area contributed by atoms with Gasteiger partial charge in [-0.05, 0) is 24.3 Å². The molecule has 0 saturated heterocycles. The summed E-state index contributed by atoms with van der Waals surface area (Å²) < 4.78 is 1.04. The highest BCUT2D eigenvalue weighted by molar-refractivity contribution is 5.97. The van der Waals surface area contributed by atoms with Gasteiger partial charge >= 0.3 is 0 Å². The smallest absolute Gasteiger partial charge is 0.266 e. The van der Waals surface area contributed by atoms with Crippen LogP contribution in [0, 0.1) is 0 Å². The molecular formula is C16H8N2O4. The van der Waals surface area contributed by atoms with E-state index in [1.165, 1.54) is 12.1 Å². The van der Waals surface area contributed by atoms with Crippen molar-refractivity contribution in [3.8, 4) is 5.69 Å². The van der Waals surface area contributed by atoms with Crippen LogP contribution < -0.4 is 22.2 Å². The number of hydrogen-bond donors (Lipinski definition) is 1. The SMILES string of the molecule is O=c1[nH]c(=O)c2cc3c(=O)n(-c4ccccc4)c(=O)c3cc12. The first kappa shape index (κ1) is 12.5. The first-order valence-corrected chi connectivity index (χ1v) is 6.55. The van der Waals surface area contributed by atoms with E-state index in [0.717, 1.165) is 4.57 Å². The molecule has 0 aliphatic heterocycles. The van der Waals surface area contributed by atoms with Crippen LogP contribution >= 0.6 is 0 Å². The predicted octanol–water partition coefficient (Wildman–Crippen LogP) is 0.428. The van der Waals surface area contributed by atoms with E-state index in [0.29, 0.717) is 5.69 Å². The zero-order chi connectivity index (χ0) is 15.4. The third-order valence-electron chi connectivity index (χ3n) is 3.76. The highest BCUT2D eigenvalue weighted by Gasteiger charge is 2.17. The molecule has 0 amide bonds. The standard InChI is InChI=1S/C16H8N2O4/c19-13-9-6-11-12(7-10(9)14(20)17-13)16(22)18(15(11)21)8-4-2-1-3-5-8/h1-7H,(H,17,19,20). The van der Waals surface area contributed by atoms with E-state index in [1.807, 2.05) is 0 Å². The predicted molar refractivity (Wildman–Crippen MR) is 82.6 cm³/mol. The summed E-state index contributed by atoms with van der Waals surface area (Å²) in [5.41, 5.74) is -1.66. The van der Waals surface area contributed by atoms with E-state index in [1.54, 1.807) is 30.3 Å². The van der Waals surface area contributed by atoms with Crippen molar-refractivity contribution in [2.24, 2.45) is 0 Å². The molecule has 0 fully saturated rings. The number of aromatic amines is 1. The van der Waals surface area contributed by atoms with Crippen LogP contribution in [0.4, 0.5) is 0 Å². The highest BCUT2D eigenvalue weighted by Crippen LogP contribution is 2.15. The lowest BCUT2D eigenvalue weighted by atomic mass is 10.1. The summed E-state index contributed by atoms with van der Waals surface area (Å²) in [5.74, 6) is 0. The summed E-state index contributed by atoms with van der Waals surface area (Å²) in [6.45, 7) is 0. The molecule has 106 valence electrons. The monoisotopic (exact) mass is 292 g/mol. The zero-order valence-electron chi connectivity index (χ0n) is 11.1. The second kappa shape index (κ2) is 4.11. The number of aromatic nitrogens is 2. The Morgan fingerprint density at radius 3 is 1.68 bits per heavy atom. The van der Waals surface area contributed by atoms with Crippen molar-refractivity contribution in [1.29, 1.82) is 0 Å². The van der Waals surface area contributed by atoms with E-state index in [9.17, 15) is 19.2 Å². The van der Waals surface area contributed by atoms with E-state index < -0.39 is 22.2 Å². The normalized spacial score (nSPS) is 11.5. The van der Waals surface area contributed by atoms with Crippen LogP contribution in [0.3, 0.4) is 0 Å². The fourth-order valence-corrected chi connectivity index (χ4v) is 2.71. The minimum atomic E-state index is -0.554. The zero-order valence-corrected chi connectivity index (χ0v) is 11.1. The third-order valence-corrected chi connectivity index (χ3v) is 3.76. The van der Waals surface area contributed by atoms with E-state index in [4.69, 9.17) is 0 Å². The second-order valence-corrected chi connectivity index (χ2v) is 5.01. The van der Waals surface area contributed by atoms with Crippen molar-refractivity contribution in [3.63, 3.8) is 0 Å². The van der Waals surface area contributed by atoms with Gasteiger partial charge in [0.25, 0.3) is 22.2 Å². The Hall–Kier alpha value is -3.28. The molecule has 0 aliphatic rings. The quantitative estimate of drug-likeness (QED) is 0.551. The topological polar surface area (TPSA) is 89.0 Å². The molecule has 2 heterocycles. The van der Waals surface area contributed by atoms with Crippen molar-refractivity contribution in [2.75, 3.05) is 0 Å². The van der Waals surface area contributed by atoms with Crippen LogP contribution in [0.1, 0.15) is 0 Å². The molecule has 0 radical (unpaired) electrons. The summed E-state index contributed by atoms with van der Waals surface area (Å²) >= 11 is 0. The Bertz CT molecular complexity index is 1160. The molecule has 6 heteroatoms. The summed E-state index contributed by atoms with van der Waals surface area (Å²) in [4.78, 5) is 50.5. The molecule has 1 N–H and O–H groups in total. The molecule has 0 aliphatic carbocycles. The lowest BCUT2D eigenvalue weighted by Crippen LogP contribution is -2.23. The minimum absolute atomic E-state index is 0.125. The molecule has 0 atom stereocenters. The van der Waals surface area contributed by atoms with Crippen molar-refractivity contribution in [3.05, 3.63) is 83.9 Å². The maximum Gasteiger partial charge on any atom is 0.266 e. The Balaban J connectivity index is 2.23. The summed E-state index contributed by atoms with van der Waals surface area (Å²) in [6.07, 6.45) is 0. The molecular weight excluding hydrogens is 284 g/mol. The summed E-state index contributed by atoms with van der Waals surface area (Å²) in [7, 11) is 0. The van der Waals surface area contributed by atoms with Crippen molar-refractivity contribution < 1.29 is 0 Å². The van der Waals surface area contributed by atoms with Crippen LogP contribution in [-0.2, 0) is 0 Å². The maximum atomic E-state index is 12.5. The third kappa shape index (κ3) is 1.49. The number of rotatable bonds is 1. The van der Waals surface area contributed by atoms with Gasteiger partial charge in [-0.15, -0.1) is 0 Å².